The standard InChI is InChI=1S/C27H35NO6/c1-6-7-8-15-33-19-9-10-20-22(25(30)32-5)12-11-21(23(20)17-19)24-16-18(29)13-14-28(24)26(31)34-27(2,3)4/h6,9-12,17-18,24,29H,1,7-8,13-16H2,2-5H3/t18-,24-/m1/s1. The number of aliphatic hydroxyl groups excluding tert-OH is 1. The molecule has 0 unspecified atom stereocenters. The van der Waals surface area contributed by atoms with Gasteiger partial charge in [-0.2, -0.15) is 0 Å². The second-order valence-electron chi connectivity index (χ2n) is 9.55. The van der Waals surface area contributed by atoms with E-state index >= 15 is 0 Å². The number of esters is 1. The summed E-state index contributed by atoms with van der Waals surface area (Å²) in [5.74, 6) is 0.226. The molecule has 1 N–H and O–H groups in total. The van der Waals surface area contributed by atoms with Crippen molar-refractivity contribution in [1.29, 1.82) is 0 Å². The highest BCUT2D eigenvalue weighted by Gasteiger charge is 2.35. The zero-order chi connectivity index (χ0) is 24.9. The number of hydrogen-bond donors (Lipinski definition) is 1. The maximum absolute atomic E-state index is 13.0. The van der Waals surface area contributed by atoms with E-state index < -0.39 is 29.8 Å². The number of amides is 1. The van der Waals surface area contributed by atoms with E-state index in [1.165, 1.54) is 7.11 Å². The van der Waals surface area contributed by atoms with Gasteiger partial charge in [0.15, 0.2) is 0 Å². The number of carbonyl (C=O) groups is 2. The molecule has 1 aliphatic heterocycles. The molecule has 3 rings (SSSR count). The molecule has 0 radical (unpaired) electrons. The fourth-order valence-electron chi connectivity index (χ4n) is 4.22. The van der Waals surface area contributed by atoms with Crippen LogP contribution in [0.25, 0.3) is 10.8 Å². The van der Waals surface area contributed by atoms with Crippen molar-refractivity contribution in [2.75, 3.05) is 20.3 Å². The number of likely N-dealkylation sites (tertiary alicyclic amines) is 1. The van der Waals surface area contributed by atoms with Gasteiger partial charge in [0.2, 0.25) is 0 Å². The van der Waals surface area contributed by atoms with Crippen molar-refractivity contribution in [2.24, 2.45) is 0 Å². The van der Waals surface area contributed by atoms with Crippen LogP contribution in [0, 0.1) is 0 Å². The van der Waals surface area contributed by atoms with E-state index in [9.17, 15) is 14.7 Å². The molecule has 1 heterocycles. The first-order valence-electron chi connectivity index (χ1n) is 11.7. The van der Waals surface area contributed by atoms with Crippen molar-refractivity contribution >= 4 is 22.8 Å². The molecule has 2 aromatic rings. The number of rotatable bonds is 7. The van der Waals surface area contributed by atoms with Crippen molar-refractivity contribution in [3.63, 3.8) is 0 Å². The molecule has 0 saturated carbocycles. The topological polar surface area (TPSA) is 85.3 Å². The lowest BCUT2D eigenvalue weighted by Crippen LogP contribution is -2.45. The molecule has 1 saturated heterocycles. The number of aliphatic hydroxyl groups is 1. The molecule has 0 aromatic heterocycles. The van der Waals surface area contributed by atoms with E-state index in [4.69, 9.17) is 14.2 Å². The first kappa shape index (κ1) is 25.6. The summed E-state index contributed by atoms with van der Waals surface area (Å²) in [6.45, 7) is 10.1. The normalized spacial score (nSPS) is 18.4. The van der Waals surface area contributed by atoms with Gasteiger partial charge in [0.25, 0.3) is 0 Å². The van der Waals surface area contributed by atoms with Crippen LogP contribution in [0.2, 0.25) is 0 Å². The number of piperidine rings is 1. The molecule has 1 amide bonds. The number of carbonyl (C=O) groups excluding carboxylic acids is 2. The smallest absolute Gasteiger partial charge is 0.410 e. The predicted octanol–water partition coefficient (Wildman–Crippen LogP) is 5.40. The second kappa shape index (κ2) is 10.9. The fraction of sp³-hybridized carbons (Fsp3) is 0.481. The maximum atomic E-state index is 13.0. The van der Waals surface area contributed by atoms with E-state index in [1.807, 2.05) is 51.1 Å². The number of fused-ring (bicyclic) bond motifs is 1. The highest BCUT2D eigenvalue weighted by Crippen LogP contribution is 2.38. The van der Waals surface area contributed by atoms with Crippen molar-refractivity contribution in [2.45, 2.75) is 64.2 Å². The van der Waals surface area contributed by atoms with Gasteiger partial charge in [-0.05, 0) is 87.1 Å². The van der Waals surface area contributed by atoms with Crippen LogP contribution in [0.15, 0.2) is 43.0 Å². The Labute approximate surface area is 201 Å². The highest BCUT2D eigenvalue weighted by atomic mass is 16.6. The second-order valence-corrected chi connectivity index (χ2v) is 9.55. The highest BCUT2D eigenvalue weighted by molar-refractivity contribution is 6.06. The fourth-order valence-corrected chi connectivity index (χ4v) is 4.22. The van der Waals surface area contributed by atoms with Crippen LogP contribution in [-0.4, -0.2) is 54.0 Å². The number of hydrogen-bond acceptors (Lipinski definition) is 6. The molecule has 0 bridgehead atoms. The minimum absolute atomic E-state index is 0.371. The Balaban J connectivity index is 2.07. The monoisotopic (exact) mass is 469 g/mol. The maximum Gasteiger partial charge on any atom is 0.410 e. The summed E-state index contributed by atoms with van der Waals surface area (Å²) in [5, 5.41) is 11.9. The van der Waals surface area contributed by atoms with Crippen molar-refractivity contribution in [3.8, 4) is 5.75 Å². The first-order valence-corrected chi connectivity index (χ1v) is 11.7. The molecule has 1 aliphatic rings. The molecule has 0 aliphatic carbocycles. The largest absolute Gasteiger partial charge is 0.494 e. The number of allylic oxidation sites excluding steroid dienone is 1. The molecule has 34 heavy (non-hydrogen) atoms. The van der Waals surface area contributed by atoms with E-state index in [1.54, 1.807) is 11.0 Å². The molecule has 7 heteroatoms. The number of nitrogens with zero attached hydrogens (tertiary/aromatic N) is 1. The minimum Gasteiger partial charge on any atom is -0.494 e. The zero-order valence-corrected chi connectivity index (χ0v) is 20.5. The van der Waals surface area contributed by atoms with Crippen LogP contribution in [0.4, 0.5) is 4.79 Å². The molecule has 0 spiro atoms. The Hall–Kier alpha value is -3.06. The summed E-state index contributed by atoms with van der Waals surface area (Å²) in [6, 6.07) is 8.68. The van der Waals surface area contributed by atoms with E-state index in [2.05, 4.69) is 6.58 Å². The summed E-state index contributed by atoms with van der Waals surface area (Å²) in [4.78, 5) is 27.2. The lowest BCUT2D eigenvalue weighted by Gasteiger charge is -2.39. The quantitative estimate of drug-likeness (QED) is 0.332. The molecule has 1 fully saturated rings. The van der Waals surface area contributed by atoms with Gasteiger partial charge in [0.05, 0.1) is 31.4 Å². The van der Waals surface area contributed by atoms with Crippen LogP contribution in [0.3, 0.4) is 0 Å². The third kappa shape index (κ3) is 6.08. The van der Waals surface area contributed by atoms with Gasteiger partial charge in [-0.1, -0.05) is 12.1 Å². The van der Waals surface area contributed by atoms with Crippen LogP contribution in [0.1, 0.15) is 68.4 Å². The minimum atomic E-state index is -0.638. The summed E-state index contributed by atoms with van der Waals surface area (Å²) in [5.41, 5.74) is 0.615. The van der Waals surface area contributed by atoms with Crippen molar-refractivity contribution in [3.05, 3.63) is 54.1 Å². The summed E-state index contributed by atoms with van der Waals surface area (Å²) >= 11 is 0. The lowest BCUT2D eigenvalue weighted by molar-refractivity contribution is -0.00820. The summed E-state index contributed by atoms with van der Waals surface area (Å²) in [6.07, 6.45) is 3.43. The average Bonchev–Trinajstić information content (AvgIpc) is 2.79. The summed E-state index contributed by atoms with van der Waals surface area (Å²) in [7, 11) is 1.35. The van der Waals surface area contributed by atoms with Gasteiger partial charge in [-0.25, -0.2) is 9.59 Å². The van der Waals surface area contributed by atoms with Gasteiger partial charge < -0.3 is 24.2 Å². The Bertz CT molecular complexity index is 1040. The van der Waals surface area contributed by atoms with Crippen LogP contribution in [-0.2, 0) is 9.47 Å². The van der Waals surface area contributed by atoms with Gasteiger partial charge in [-0.3, -0.25) is 0 Å². The van der Waals surface area contributed by atoms with E-state index in [0.29, 0.717) is 42.7 Å². The lowest BCUT2D eigenvalue weighted by atomic mass is 9.88. The van der Waals surface area contributed by atoms with Crippen molar-refractivity contribution < 1.29 is 28.9 Å². The molecule has 184 valence electrons. The SMILES string of the molecule is C=CCCCOc1ccc2c(C(=O)OC)ccc([C@H]3C[C@H](O)CCN3C(=O)OC(C)(C)C)c2c1. The average molecular weight is 470 g/mol. The Morgan fingerprint density at radius 1 is 1.21 bits per heavy atom. The number of unbranched alkanes of at least 4 members (excludes halogenated alkanes) is 1. The number of ether oxygens (including phenoxy) is 3. The van der Waals surface area contributed by atoms with E-state index in [-0.39, 0.29) is 0 Å². The number of benzene rings is 2. The van der Waals surface area contributed by atoms with Gasteiger partial charge in [0, 0.05) is 6.54 Å². The molecule has 2 atom stereocenters. The molecular formula is C27H35NO6. The van der Waals surface area contributed by atoms with Crippen LogP contribution in [0.5, 0.6) is 5.75 Å². The molecule has 2 aromatic carbocycles. The molecular weight excluding hydrogens is 434 g/mol. The third-order valence-corrected chi connectivity index (χ3v) is 5.81. The van der Waals surface area contributed by atoms with E-state index in [0.717, 1.165) is 23.8 Å². The van der Waals surface area contributed by atoms with Crippen molar-refractivity contribution in [1.82, 2.24) is 4.90 Å². The van der Waals surface area contributed by atoms with Gasteiger partial charge in [-0.15, -0.1) is 6.58 Å². The Morgan fingerprint density at radius 3 is 2.65 bits per heavy atom. The van der Waals surface area contributed by atoms with Crippen LogP contribution >= 0.6 is 0 Å². The third-order valence-electron chi connectivity index (χ3n) is 5.81. The van der Waals surface area contributed by atoms with Gasteiger partial charge >= 0.3 is 12.1 Å². The summed E-state index contributed by atoms with van der Waals surface area (Å²) < 4.78 is 16.6. The predicted molar refractivity (Wildman–Crippen MR) is 131 cm³/mol. The zero-order valence-electron chi connectivity index (χ0n) is 20.5. The Morgan fingerprint density at radius 2 is 1.97 bits per heavy atom. The molecule has 7 nitrogen and oxygen atoms in total. The first-order chi connectivity index (χ1) is 16.1. The van der Waals surface area contributed by atoms with Gasteiger partial charge in [0.1, 0.15) is 11.4 Å². The number of methoxy groups -OCH3 is 1. The van der Waals surface area contributed by atoms with Crippen LogP contribution < -0.4 is 4.74 Å². The Kier molecular flexibility index (Phi) is 8.20.